The molecule has 9 nitrogen and oxygen atoms in total. The van der Waals surface area contributed by atoms with Crippen LogP contribution >= 0.6 is 11.3 Å². The summed E-state index contributed by atoms with van der Waals surface area (Å²) in [5.74, 6) is -1.61. The lowest BCUT2D eigenvalue weighted by atomic mass is 9.83. The lowest BCUT2D eigenvalue weighted by Gasteiger charge is -2.25. The number of benzene rings is 2. The van der Waals surface area contributed by atoms with E-state index >= 15 is 0 Å². The Morgan fingerprint density at radius 3 is 2.42 bits per heavy atom. The highest BCUT2D eigenvalue weighted by atomic mass is 32.1. The third-order valence-electron chi connectivity index (χ3n) is 6.04. The smallest absolute Gasteiger partial charge is 0.332 e. The van der Waals surface area contributed by atoms with E-state index in [9.17, 15) is 19.6 Å². The van der Waals surface area contributed by atoms with Crippen LogP contribution in [-0.4, -0.2) is 30.7 Å². The minimum Gasteiger partial charge on any atom is -0.497 e. The molecule has 1 atom stereocenters. The van der Waals surface area contributed by atoms with Crippen molar-refractivity contribution in [3.63, 3.8) is 0 Å². The van der Waals surface area contributed by atoms with E-state index in [4.69, 9.17) is 10.5 Å². The summed E-state index contributed by atoms with van der Waals surface area (Å²) in [6.45, 7) is 3.82. The van der Waals surface area contributed by atoms with Gasteiger partial charge in [0, 0.05) is 11.8 Å². The number of allylic oxidation sites excluding steroid dienone is 1. The topological polar surface area (TPSA) is 136 Å². The number of nitrogens with two attached hydrogens (primary N) is 1. The number of amides is 1. The lowest BCUT2D eigenvalue weighted by molar-refractivity contribution is -0.133. The number of hydrogen-bond acceptors (Lipinski definition) is 8. The van der Waals surface area contributed by atoms with Gasteiger partial charge in [-0.25, -0.2) is 4.79 Å². The zero-order valence-electron chi connectivity index (χ0n) is 20.6. The molecule has 1 aromatic heterocycles. The van der Waals surface area contributed by atoms with E-state index in [0.29, 0.717) is 17.0 Å². The van der Waals surface area contributed by atoms with Gasteiger partial charge in [-0.15, -0.1) is 11.3 Å². The number of nitrogens with zero attached hydrogens (tertiary/aromatic N) is 2. The Morgan fingerprint density at radius 2 is 1.84 bits per heavy atom. The number of anilines is 1. The molecule has 0 radical (unpaired) electrons. The Kier molecular flexibility index (Phi) is 8.23. The minimum absolute atomic E-state index is 0. The van der Waals surface area contributed by atoms with Crippen LogP contribution in [0, 0.1) is 25.2 Å². The molecule has 0 spiro atoms. The van der Waals surface area contributed by atoms with Gasteiger partial charge in [0.1, 0.15) is 20.8 Å². The normalized spacial score (nSPS) is 14.8. The van der Waals surface area contributed by atoms with Crippen LogP contribution in [0.5, 0.6) is 5.75 Å². The second-order valence-electron chi connectivity index (χ2n) is 8.38. The van der Waals surface area contributed by atoms with Gasteiger partial charge in [-0.3, -0.25) is 14.2 Å². The first-order chi connectivity index (χ1) is 17.7. The van der Waals surface area contributed by atoms with Crippen molar-refractivity contribution in [2.24, 2.45) is 5.73 Å². The molecular formula is C28H28N4O5S. The van der Waals surface area contributed by atoms with Crippen LogP contribution < -0.4 is 30.5 Å². The van der Waals surface area contributed by atoms with Gasteiger partial charge in [0.15, 0.2) is 0 Å². The fourth-order valence-corrected chi connectivity index (χ4v) is 5.34. The largest absolute Gasteiger partial charge is 0.497 e. The molecule has 0 saturated heterocycles. The number of methoxy groups -OCH3 is 2. The number of fused-ring (bicyclic) bond motifs is 1. The number of carbonyl (C=O) groups excluding carboxylic acids is 2. The number of aromatic nitrogens is 1. The van der Waals surface area contributed by atoms with Crippen molar-refractivity contribution in [2.45, 2.75) is 27.2 Å². The molecule has 196 valence electrons. The van der Waals surface area contributed by atoms with Gasteiger partial charge in [-0.2, -0.15) is 5.26 Å². The number of nitrogens with one attached hydrogen (secondary N) is 1. The first-order valence-electron chi connectivity index (χ1n) is 11.2. The highest BCUT2D eigenvalue weighted by Crippen LogP contribution is 2.37. The first-order valence-corrected chi connectivity index (χ1v) is 12.0. The Labute approximate surface area is 223 Å². The van der Waals surface area contributed by atoms with Gasteiger partial charge < -0.3 is 20.5 Å². The third kappa shape index (κ3) is 4.96. The standard InChI is InChI=1S/C27H24N4O5S.CH4/c1-14-5-10-19(15(2)11-14)30-25(33)23-22(16-6-8-17(35-3)9-7-16)18(13-28)24(29)31-26(34)20(37-27(23)31)12-21(32)36-4;/h5-12,22H,29H2,1-4H3,(H,30,33);1H4/b20-12-;. The number of nitriles is 1. The van der Waals surface area contributed by atoms with E-state index in [2.05, 4.69) is 16.1 Å². The summed E-state index contributed by atoms with van der Waals surface area (Å²) in [7, 11) is 2.73. The maximum atomic E-state index is 13.9. The zero-order chi connectivity index (χ0) is 26.9. The molecule has 10 heteroatoms. The SMILES string of the molecule is C.COC(=O)/C=c1\sc2n(c1=O)C(N)=C(C#N)C(c1ccc(OC)cc1)C=2C(=O)Nc1ccc(C)cc1C. The first kappa shape index (κ1) is 28.0. The van der Waals surface area contributed by atoms with Crippen LogP contribution in [0.4, 0.5) is 5.69 Å². The Bertz CT molecular complexity index is 1670. The number of ether oxygens (including phenoxy) is 2. The van der Waals surface area contributed by atoms with Crippen LogP contribution in [0.25, 0.3) is 17.5 Å². The average Bonchev–Trinajstić information content (AvgIpc) is 3.20. The second-order valence-corrected chi connectivity index (χ2v) is 9.41. The Balaban J connectivity index is 0.00000400. The number of carbonyl (C=O) groups is 2. The van der Waals surface area contributed by atoms with E-state index < -0.39 is 23.4 Å². The van der Waals surface area contributed by atoms with Gasteiger partial charge in [-0.1, -0.05) is 37.3 Å². The van der Waals surface area contributed by atoms with Crippen LogP contribution in [0.2, 0.25) is 0 Å². The number of thiazole rings is 1. The van der Waals surface area contributed by atoms with Crippen molar-refractivity contribution in [3.8, 4) is 11.8 Å². The molecule has 1 amide bonds. The molecule has 0 aliphatic carbocycles. The van der Waals surface area contributed by atoms with E-state index in [1.165, 1.54) is 14.2 Å². The van der Waals surface area contributed by atoms with Crippen molar-refractivity contribution in [1.29, 1.82) is 5.26 Å². The average molecular weight is 533 g/mol. The zero-order valence-corrected chi connectivity index (χ0v) is 21.4. The molecule has 1 aliphatic rings. The summed E-state index contributed by atoms with van der Waals surface area (Å²) in [6.07, 6.45) is 1.04. The number of hydrogen-bond donors (Lipinski definition) is 2. The van der Waals surface area contributed by atoms with Crippen molar-refractivity contribution in [1.82, 2.24) is 4.57 Å². The van der Waals surface area contributed by atoms with Crippen LogP contribution in [0.3, 0.4) is 0 Å². The minimum atomic E-state index is -0.870. The van der Waals surface area contributed by atoms with E-state index in [-0.39, 0.29) is 33.6 Å². The molecule has 38 heavy (non-hydrogen) atoms. The molecule has 0 fully saturated rings. The van der Waals surface area contributed by atoms with Gasteiger partial charge in [0.2, 0.25) is 0 Å². The van der Waals surface area contributed by atoms with Crippen molar-refractivity contribution in [3.05, 3.63) is 84.3 Å². The number of aryl methyl sites for hydroxylation is 2. The molecule has 1 unspecified atom stereocenters. The summed E-state index contributed by atoms with van der Waals surface area (Å²) >= 11 is 0.930. The second kappa shape index (κ2) is 11.2. The summed E-state index contributed by atoms with van der Waals surface area (Å²) in [5.41, 5.74) is 8.99. The molecule has 4 rings (SSSR count). The predicted molar refractivity (Wildman–Crippen MR) is 148 cm³/mol. The fraction of sp³-hybridized carbons (Fsp3) is 0.214. The van der Waals surface area contributed by atoms with E-state index in [1.54, 1.807) is 30.3 Å². The van der Waals surface area contributed by atoms with Crippen LogP contribution in [-0.2, 0) is 14.3 Å². The molecule has 0 bridgehead atoms. The quantitative estimate of drug-likeness (QED) is 0.482. The molecule has 0 saturated carbocycles. The van der Waals surface area contributed by atoms with E-state index in [1.807, 2.05) is 26.0 Å². The fourth-order valence-electron chi connectivity index (χ4n) is 4.21. The highest BCUT2D eigenvalue weighted by Gasteiger charge is 2.35. The van der Waals surface area contributed by atoms with Crippen LogP contribution in [0.15, 0.2) is 52.8 Å². The number of esters is 1. The summed E-state index contributed by atoms with van der Waals surface area (Å²) in [4.78, 5) is 39.0. The van der Waals surface area contributed by atoms with E-state index in [0.717, 1.165) is 33.1 Å². The van der Waals surface area contributed by atoms with Gasteiger partial charge in [0.25, 0.3) is 11.5 Å². The molecule has 2 heterocycles. The van der Waals surface area contributed by atoms with Crippen molar-refractivity contribution >= 4 is 46.4 Å². The molecule has 3 N–H and O–H groups in total. The summed E-state index contributed by atoms with van der Waals surface area (Å²) in [5, 5.41) is 13.0. The molecule has 2 aromatic carbocycles. The monoisotopic (exact) mass is 532 g/mol. The summed E-state index contributed by atoms with van der Waals surface area (Å²) in [6, 6.07) is 14.6. The maximum absolute atomic E-state index is 13.9. The van der Waals surface area contributed by atoms with Gasteiger partial charge in [-0.05, 0) is 43.2 Å². The van der Waals surface area contributed by atoms with Gasteiger partial charge >= 0.3 is 5.97 Å². The van der Waals surface area contributed by atoms with Crippen molar-refractivity contribution in [2.75, 3.05) is 19.5 Å². The molecular weight excluding hydrogens is 504 g/mol. The Morgan fingerprint density at radius 1 is 1.16 bits per heavy atom. The van der Waals surface area contributed by atoms with Crippen molar-refractivity contribution < 1.29 is 19.1 Å². The lowest BCUT2D eigenvalue weighted by Crippen LogP contribution is -2.40. The third-order valence-corrected chi connectivity index (χ3v) is 7.15. The summed E-state index contributed by atoms with van der Waals surface area (Å²) < 4.78 is 11.3. The predicted octanol–water partition coefficient (Wildman–Crippen LogP) is 2.36. The maximum Gasteiger partial charge on any atom is 0.332 e. The Hall–Kier alpha value is -4.62. The van der Waals surface area contributed by atoms with Crippen LogP contribution in [0.1, 0.15) is 30.0 Å². The molecule has 1 aliphatic heterocycles. The molecule has 3 aromatic rings. The van der Waals surface area contributed by atoms with Gasteiger partial charge in [0.05, 0.1) is 37.4 Å². The number of rotatable bonds is 5. The highest BCUT2D eigenvalue weighted by molar-refractivity contribution is 7.07.